The molecule has 0 radical (unpaired) electrons. The van der Waals surface area contributed by atoms with E-state index < -0.39 is 29.8 Å². The highest BCUT2D eigenvalue weighted by Gasteiger charge is 2.32. The van der Waals surface area contributed by atoms with E-state index in [1.165, 1.54) is 34.9 Å². The molecule has 5 nitrogen and oxygen atoms in total. The van der Waals surface area contributed by atoms with Crippen molar-refractivity contribution in [1.29, 1.82) is 0 Å². The van der Waals surface area contributed by atoms with Gasteiger partial charge in [0.15, 0.2) is 0 Å². The first kappa shape index (κ1) is 24.2. The number of fused-ring (bicyclic) bond motifs is 1. The second kappa shape index (κ2) is 8.50. The van der Waals surface area contributed by atoms with Gasteiger partial charge in [0, 0.05) is 29.1 Å². The van der Waals surface area contributed by atoms with Crippen LogP contribution in [0.1, 0.15) is 48.5 Å². The number of aliphatic hydroxyl groups excluding tert-OH is 1. The topological polar surface area (TPSA) is 60.7 Å². The predicted molar refractivity (Wildman–Crippen MR) is 115 cm³/mol. The first-order valence-electron chi connectivity index (χ1n) is 9.42. The largest absolute Gasteiger partial charge is 0.573 e. The summed E-state index contributed by atoms with van der Waals surface area (Å²) < 4.78 is 48.5. The molecule has 1 atom stereocenters. The number of carbonyl (C=O) groups excluding carboxylic acids is 1. The smallest absolute Gasteiger partial charge is 0.456 e. The molecule has 0 saturated heterocycles. The zero-order chi connectivity index (χ0) is 24.0. The Hall–Kier alpha value is -2.42. The Labute approximate surface area is 192 Å². The molecule has 172 valence electrons. The maximum atomic E-state index is 12.6. The summed E-state index contributed by atoms with van der Waals surface area (Å²) in [7, 11) is 1.57. The number of esters is 1. The average molecular weight is 490 g/mol. The fraction of sp³-hybridized carbons (Fsp3) is 0.318. The summed E-state index contributed by atoms with van der Waals surface area (Å²) in [4.78, 5) is 12.5. The minimum absolute atomic E-state index is 0.0275. The van der Waals surface area contributed by atoms with E-state index in [9.17, 15) is 23.1 Å². The molecule has 10 heteroatoms. The summed E-state index contributed by atoms with van der Waals surface area (Å²) in [6.45, 7) is 5.12. The average Bonchev–Trinajstić information content (AvgIpc) is 2.95. The number of aryl methyl sites for hydroxylation is 1. The number of nitrogens with zero attached hydrogens (tertiary/aromatic N) is 1. The van der Waals surface area contributed by atoms with Gasteiger partial charge in [0.2, 0.25) is 0 Å². The van der Waals surface area contributed by atoms with Crippen LogP contribution in [0.15, 0.2) is 36.4 Å². The standard InChI is InChI=1S/C22H20Cl2F3NO4/c1-21(2,3)32-20(30)13-7-8-14(23)17(18(13)24)19(29)16-9-11-5-6-12(31-22(25,26)27)10-15(11)28(16)4/h5-10,19,29H,1-4H3. The van der Waals surface area contributed by atoms with Crippen LogP contribution >= 0.6 is 23.2 Å². The molecule has 1 heterocycles. The molecular formula is C22H20Cl2F3NO4. The van der Waals surface area contributed by atoms with Gasteiger partial charge in [-0.1, -0.05) is 23.2 Å². The first-order chi connectivity index (χ1) is 14.7. The van der Waals surface area contributed by atoms with Gasteiger partial charge in [0.25, 0.3) is 0 Å². The lowest BCUT2D eigenvalue weighted by atomic mass is 10.0. The molecule has 3 aromatic rings. The maximum absolute atomic E-state index is 12.6. The van der Waals surface area contributed by atoms with Crippen molar-refractivity contribution >= 4 is 40.1 Å². The summed E-state index contributed by atoms with van der Waals surface area (Å²) in [6.07, 6.45) is -6.20. The summed E-state index contributed by atoms with van der Waals surface area (Å²) in [5, 5.41) is 11.7. The van der Waals surface area contributed by atoms with Crippen molar-refractivity contribution in [1.82, 2.24) is 4.57 Å². The number of hydrogen-bond donors (Lipinski definition) is 1. The number of benzene rings is 2. The Morgan fingerprint density at radius 1 is 1.09 bits per heavy atom. The van der Waals surface area contributed by atoms with Gasteiger partial charge in [-0.3, -0.25) is 0 Å². The van der Waals surface area contributed by atoms with Gasteiger partial charge in [0.05, 0.1) is 21.8 Å². The van der Waals surface area contributed by atoms with Crippen molar-refractivity contribution in [2.45, 2.75) is 38.8 Å². The predicted octanol–water partition coefficient (Wildman–Crippen LogP) is 6.42. The fourth-order valence-corrected chi connectivity index (χ4v) is 3.90. The first-order valence-corrected chi connectivity index (χ1v) is 10.2. The number of aliphatic hydroxyl groups is 1. The van der Waals surface area contributed by atoms with Gasteiger partial charge in [-0.2, -0.15) is 0 Å². The lowest BCUT2D eigenvalue weighted by molar-refractivity contribution is -0.274. The third kappa shape index (κ3) is 5.14. The molecule has 0 aliphatic carbocycles. The van der Waals surface area contributed by atoms with Crippen LogP contribution in [-0.2, 0) is 11.8 Å². The Balaban J connectivity index is 2.05. The maximum Gasteiger partial charge on any atom is 0.573 e. The van der Waals surface area contributed by atoms with Gasteiger partial charge in [0.1, 0.15) is 17.5 Å². The minimum atomic E-state index is -4.83. The van der Waals surface area contributed by atoms with Gasteiger partial charge < -0.3 is 19.1 Å². The lowest BCUT2D eigenvalue weighted by Gasteiger charge is -2.21. The zero-order valence-corrected chi connectivity index (χ0v) is 19.1. The molecule has 0 saturated carbocycles. The van der Waals surface area contributed by atoms with Crippen molar-refractivity contribution < 1.29 is 32.5 Å². The number of ether oxygens (including phenoxy) is 2. The van der Waals surface area contributed by atoms with Crippen LogP contribution in [0.4, 0.5) is 13.2 Å². The summed E-state index contributed by atoms with van der Waals surface area (Å²) in [5.41, 5.74) is 0.0323. The lowest BCUT2D eigenvalue weighted by Crippen LogP contribution is -2.24. The van der Waals surface area contributed by atoms with E-state index in [1.54, 1.807) is 33.9 Å². The van der Waals surface area contributed by atoms with Crippen molar-refractivity contribution in [2.75, 3.05) is 0 Å². The fourth-order valence-electron chi connectivity index (χ4n) is 3.25. The highest BCUT2D eigenvalue weighted by atomic mass is 35.5. The van der Waals surface area contributed by atoms with Crippen molar-refractivity contribution in [2.24, 2.45) is 7.05 Å². The number of alkyl halides is 3. The van der Waals surface area contributed by atoms with Crippen LogP contribution in [0.25, 0.3) is 10.9 Å². The Kier molecular flexibility index (Phi) is 6.43. The van der Waals surface area contributed by atoms with Crippen molar-refractivity contribution in [3.63, 3.8) is 0 Å². The van der Waals surface area contributed by atoms with E-state index in [4.69, 9.17) is 27.9 Å². The van der Waals surface area contributed by atoms with Crippen LogP contribution < -0.4 is 4.74 Å². The van der Waals surface area contributed by atoms with Crippen LogP contribution in [0.5, 0.6) is 5.75 Å². The van der Waals surface area contributed by atoms with Crippen LogP contribution in [0.3, 0.4) is 0 Å². The number of aromatic nitrogens is 1. The number of rotatable bonds is 4. The molecule has 0 spiro atoms. The molecule has 0 amide bonds. The van der Waals surface area contributed by atoms with E-state index in [1.807, 2.05) is 0 Å². The Morgan fingerprint density at radius 2 is 1.75 bits per heavy atom. The number of carbonyl (C=O) groups is 1. The molecule has 1 N–H and O–H groups in total. The molecular weight excluding hydrogens is 470 g/mol. The molecule has 32 heavy (non-hydrogen) atoms. The molecule has 3 rings (SSSR count). The van der Waals surface area contributed by atoms with E-state index >= 15 is 0 Å². The van der Waals surface area contributed by atoms with Gasteiger partial charge in [-0.25, -0.2) is 4.79 Å². The highest BCUT2D eigenvalue weighted by molar-refractivity contribution is 6.38. The van der Waals surface area contributed by atoms with E-state index in [-0.39, 0.29) is 21.2 Å². The Morgan fingerprint density at radius 3 is 2.34 bits per heavy atom. The monoisotopic (exact) mass is 489 g/mol. The molecule has 2 aromatic carbocycles. The molecule has 0 aliphatic rings. The number of halogens is 5. The Bertz CT molecular complexity index is 1180. The van der Waals surface area contributed by atoms with E-state index in [0.717, 1.165) is 0 Å². The van der Waals surface area contributed by atoms with Crippen LogP contribution in [0.2, 0.25) is 10.0 Å². The van der Waals surface area contributed by atoms with Crippen molar-refractivity contribution in [3.8, 4) is 5.75 Å². The summed E-state index contributed by atoms with van der Waals surface area (Å²) in [6, 6.07) is 8.23. The minimum Gasteiger partial charge on any atom is -0.456 e. The van der Waals surface area contributed by atoms with Gasteiger partial charge in [-0.15, -0.1) is 13.2 Å². The second-order valence-corrected chi connectivity index (χ2v) is 8.91. The van der Waals surface area contributed by atoms with Crippen LogP contribution in [0, 0.1) is 0 Å². The quantitative estimate of drug-likeness (QED) is 0.429. The SMILES string of the molecule is Cn1c(C(O)c2c(Cl)ccc(C(=O)OC(C)(C)C)c2Cl)cc2ccc(OC(F)(F)F)cc21. The summed E-state index contributed by atoms with van der Waals surface area (Å²) in [5.74, 6) is -1.08. The molecule has 1 aromatic heterocycles. The van der Waals surface area contributed by atoms with Crippen LogP contribution in [-0.4, -0.2) is 27.6 Å². The third-order valence-electron chi connectivity index (χ3n) is 4.59. The third-order valence-corrected chi connectivity index (χ3v) is 5.32. The van der Waals surface area contributed by atoms with E-state index in [0.29, 0.717) is 16.6 Å². The molecule has 0 aliphatic heterocycles. The summed E-state index contributed by atoms with van der Waals surface area (Å²) >= 11 is 12.7. The molecule has 0 bridgehead atoms. The number of hydrogen-bond acceptors (Lipinski definition) is 4. The highest BCUT2D eigenvalue weighted by Crippen LogP contribution is 2.39. The molecule has 1 unspecified atom stereocenters. The van der Waals surface area contributed by atoms with Gasteiger partial charge in [-0.05, 0) is 51.1 Å². The van der Waals surface area contributed by atoms with E-state index in [2.05, 4.69) is 4.74 Å². The normalized spacial score (nSPS) is 13.3. The van der Waals surface area contributed by atoms with Gasteiger partial charge >= 0.3 is 12.3 Å². The zero-order valence-electron chi connectivity index (χ0n) is 17.6. The van der Waals surface area contributed by atoms with Crippen molar-refractivity contribution in [3.05, 3.63) is 63.3 Å². The molecule has 0 fully saturated rings. The second-order valence-electron chi connectivity index (χ2n) is 8.12.